The van der Waals surface area contributed by atoms with Crippen LogP contribution < -0.4 is 4.90 Å². The van der Waals surface area contributed by atoms with Crippen molar-refractivity contribution in [3.8, 4) is 0 Å². The van der Waals surface area contributed by atoms with Crippen molar-refractivity contribution in [3.63, 3.8) is 0 Å². The Morgan fingerprint density at radius 1 is 1.47 bits per heavy atom. The zero-order valence-electron chi connectivity index (χ0n) is 10.8. The summed E-state index contributed by atoms with van der Waals surface area (Å²) in [6.07, 6.45) is 1.18. The third-order valence-electron chi connectivity index (χ3n) is 3.61. The standard InChI is InChI=1S/C14H22N2O/c1-12-4-3-5-13(10-12)16-7-6-14(11-16)15(2)8-9-17/h3-5,10,14,17H,6-9,11H2,1-2H3. The number of rotatable bonds is 4. The highest BCUT2D eigenvalue weighted by molar-refractivity contribution is 5.49. The Kier molecular flexibility index (Phi) is 4.02. The molecule has 0 bridgehead atoms. The number of aliphatic hydroxyl groups is 1. The van der Waals surface area contributed by atoms with Crippen molar-refractivity contribution >= 4 is 5.69 Å². The van der Waals surface area contributed by atoms with Crippen molar-refractivity contribution in [1.29, 1.82) is 0 Å². The van der Waals surface area contributed by atoms with Gasteiger partial charge in [0.05, 0.1) is 6.61 Å². The first-order chi connectivity index (χ1) is 8.20. The van der Waals surface area contributed by atoms with Gasteiger partial charge in [0.2, 0.25) is 0 Å². The van der Waals surface area contributed by atoms with Crippen LogP contribution in [0.1, 0.15) is 12.0 Å². The minimum absolute atomic E-state index is 0.247. The Labute approximate surface area is 104 Å². The number of likely N-dealkylation sites (N-methyl/N-ethyl adjacent to an activating group) is 1. The van der Waals surface area contributed by atoms with E-state index in [-0.39, 0.29) is 6.61 Å². The van der Waals surface area contributed by atoms with Gasteiger partial charge in [-0.25, -0.2) is 0 Å². The summed E-state index contributed by atoms with van der Waals surface area (Å²) in [4.78, 5) is 4.70. The largest absolute Gasteiger partial charge is 0.395 e. The molecule has 1 N–H and O–H groups in total. The quantitative estimate of drug-likeness (QED) is 0.855. The topological polar surface area (TPSA) is 26.7 Å². The van der Waals surface area contributed by atoms with Gasteiger partial charge in [0.1, 0.15) is 0 Å². The lowest BCUT2D eigenvalue weighted by Crippen LogP contribution is -2.36. The van der Waals surface area contributed by atoms with Crippen LogP contribution in [0.3, 0.4) is 0 Å². The van der Waals surface area contributed by atoms with Crippen LogP contribution in [0.4, 0.5) is 5.69 Å². The van der Waals surface area contributed by atoms with Gasteiger partial charge >= 0.3 is 0 Å². The van der Waals surface area contributed by atoms with Crippen LogP contribution in [0, 0.1) is 6.92 Å². The number of benzene rings is 1. The van der Waals surface area contributed by atoms with E-state index in [1.165, 1.54) is 17.7 Å². The number of aryl methyl sites for hydroxylation is 1. The van der Waals surface area contributed by atoms with Crippen molar-refractivity contribution < 1.29 is 5.11 Å². The molecule has 0 saturated carbocycles. The highest BCUT2D eigenvalue weighted by Gasteiger charge is 2.25. The van der Waals surface area contributed by atoms with Gasteiger partial charge in [0, 0.05) is 31.4 Å². The first kappa shape index (κ1) is 12.4. The first-order valence-electron chi connectivity index (χ1n) is 6.33. The first-order valence-corrected chi connectivity index (χ1v) is 6.33. The second-order valence-electron chi connectivity index (χ2n) is 4.93. The van der Waals surface area contributed by atoms with Crippen LogP contribution in [0.2, 0.25) is 0 Å². The van der Waals surface area contributed by atoms with Crippen LogP contribution in [0.25, 0.3) is 0 Å². The molecule has 17 heavy (non-hydrogen) atoms. The molecule has 0 aromatic heterocycles. The van der Waals surface area contributed by atoms with Gasteiger partial charge in [-0.3, -0.25) is 4.90 Å². The van der Waals surface area contributed by atoms with Crippen LogP contribution in [-0.2, 0) is 0 Å². The van der Waals surface area contributed by atoms with Crippen LogP contribution in [0.15, 0.2) is 24.3 Å². The monoisotopic (exact) mass is 234 g/mol. The molecule has 1 heterocycles. The maximum absolute atomic E-state index is 8.96. The summed E-state index contributed by atoms with van der Waals surface area (Å²) < 4.78 is 0. The maximum atomic E-state index is 8.96. The van der Waals surface area contributed by atoms with E-state index in [0.29, 0.717) is 6.04 Å². The Balaban J connectivity index is 1.98. The summed E-state index contributed by atoms with van der Waals surface area (Å²) in [5.74, 6) is 0. The molecule has 1 aliphatic rings. The van der Waals surface area contributed by atoms with Crippen LogP contribution >= 0.6 is 0 Å². The zero-order chi connectivity index (χ0) is 12.3. The molecule has 1 atom stereocenters. The average molecular weight is 234 g/mol. The van der Waals surface area contributed by atoms with E-state index in [1.807, 2.05) is 0 Å². The van der Waals surface area contributed by atoms with Gasteiger partial charge in [-0.15, -0.1) is 0 Å². The van der Waals surface area contributed by atoms with E-state index in [2.05, 4.69) is 48.0 Å². The molecule has 1 aromatic rings. The predicted octanol–water partition coefficient (Wildman–Crippen LogP) is 1.50. The van der Waals surface area contributed by atoms with Gasteiger partial charge in [-0.2, -0.15) is 0 Å². The summed E-state index contributed by atoms with van der Waals surface area (Å²) in [5.41, 5.74) is 2.64. The molecule has 1 saturated heterocycles. The third-order valence-corrected chi connectivity index (χ3v) is 3.61. The predicted molar refractivity (Wildman–Crippen MR) is 71.5 cm³/mol. The molecule has 0 spiro atoms. The second-order valence-corrected chi connectivity index (χ2v) is 4.93. The third kappa shape index (κ3) is 2.99. The summed E-state index contributed by atoms with van der Waals surface area (Å²) in [7, 11) is 2.10. The van der Waals surface area contributed by atoms with Crippen molar-refractivity contribution in [3.05, 3.63) is 29.8 Å². The van der Waals surface area contributed by atoms with Gasteiger partial charge in [0.15, 0.2) is 0 Å². The van der Waals surface area contributed by atoms with Gasteiger partial charge in [-0.05, 0) is 38.1 Å². The molecule has 1 unspecified atom stereocenters. The minimum Gasteiger partial charge on any atom is -0.395 e. The fourth-order valence-electron chi connectivity index (χ4n) is 2.50. The Bertz CT molecular complexity index is 367. The molecule has 1 aliphatic heterocycles. The maximum Gasteiger partial charge on any atom is 0.0558 e. The number of hydrogen-bond donors (Lipinski definition) is 1. The molecule has 94 valence electrons. The van der Waals surface area contributed by atoms with Crippen LogP contribution in [-0.4, -0.2) is 49.3 Å². The second kappa shape index (κ2) is 5.52. The Morgan fingerprint density at radius 3 is 3.00 bits per heavy atom. The fraction of sp³-hybridized carbons (Fsp3) is 0.571. The molecule has 0 aliphatic carbocycles. The van der Waals surface area contributed by atoms with Crippen molar-refractivity contribution in [2.45, 2.75) is 19.4 Å². The Morgan fingerprint density at radius 2 is 2.29 bits per heavy atom. The lowest BCUT2D eigenvalue weighted by Gasteiger charge is -2.24. The number of hydrogen-bond acceptors (Lipinski definition) is 3. The van der Waals surface area contributed by atoms with E-state index in [9.17, 15) is 0 Å². The molecule has 2 rings (SSSR count). The van der Waals surface area contributed by atoms with E-state index in [0.717, 1.165) is 19.6 Å². The van der Waals surface area contributed by atoms with Crippen LogP contribution in [0.5, 0.6) is 0 Å². The van der Waals surface area contributed by atoms with E-state index in [1.54, 1.807) is 0 Å². The Hall–Kier alpha value is -1.06. The summed E-state index contributed by atoms with van der Waals surface area (Å²) in [5, 5.41) is 8.96. The highest BCUT2D eigenvalue weighted by atomic mass is 16.3. The van der Waals surface area contributed by atoms with Gasteiger partial charge in [-0.1, -0.05) is 12.1 Å². The van der Waals surface area contributed by atoms with Crippen molar-refractivity contribution in [1.82, 2.24) is 4.90 Å². The van der Waals surface area contributed by atoms with E-state index >= 15 is 0 Å². The van der Waals surface area contributed by atoms with E-state index < -0.39 is 0 Å². The normalized spacial score (nSPS) is 20.2. The minimum atomic E-state index is 0.247. The highest BCUT2D eigenvalue weighted by Crippen LogP contribution is 2.23. The number of nitrogens with zero attached hydrogens (tertiary/aromatic N) is 2. The SMILES string of the molecule is Cc1cccc(N2CCC(N(C)CCO)C2)c1. The van der Waals surface area contributed by atoms with E-state index in [4.69, 9.17) is 5.11 Å². The molecular formula is C14H22N2O. The summed E-state index contributed by atoms with van der Waals surface area (Å²) >= 11 is 0. The molecule has 1 aromatic carbocycles. The summed E-state index contributed by atoms with van der Waals surface area (Å²) in [6, 6.07) is 9.25. The average Bonchev–Trinajstić information content (AvgIpc) is 2.78. The zero-order valence-corrected chi connectivity index (χ0v) is 10.8. The molecule has 0 radical (unpaired) electrons. The molecule has 3 heteroatoms. The fourth-order valence-corrected chi connectivity index (χ4v) is 2.50. The van der Waals surface area contributed by atoms with Crippen molar-refractivity contribution in [2.24, 2.45) is 0 Å². The van der Waals surface area contributed by atoms with Crippen molar-refractivity contribution in [2.75, 3.05) is 38.2 Å². The lowest BCUT2D eigenvalue weighted by molar-refractivity contribution is 0.188. The number of aliphatic hydroxyl groups excluding tert-OH is 1. The molecule has 1 fully saturated rings. The van der Waals surface area contributed by atoms with Gasteiger partial charge < -0.3 is 10.0 Å². The number of anilines is 1. The molecule has 0 amide bonds. The molecular weight excluding hydrogens is 212 g/mol. The lowest BCUT2D eigenvalue weighted by atomic mass is 10.2. The van der Waals surface area contributed by atoms with Gasteiger partial charge in [0.25, 0.3) is 0 Å². The molecule has 3 nitrogen and oxygen atoms in total. The summed E-state index contributed by atoms with van der Waals surface area (Å²) in [6.45, 7) is 5.34. The smallest absolute Gasteiger partial charge is 0.0558 e.